The molecule has 0 spiro atoms. The van der Waals surface area contributed by atoms with E-state index < -0.39 is 5.72 Å². The van der Waals surface area contributed by atoms with E-state index in [1.54, 1.807) is 7.11 Å². The van der Waals surface area contributed by atoms with Crippen molar-refractivity contribution in [2.75, 3.05) is 13.7 Å². The fraction of sp³-hybridized carbons (Fsp3) is 0.632. The molecule has 5 heteroatoms. The summed E-state index contributed by atoms with van der Waals surface area (Å²) in [5.41, 5.74) is 0.661. The highest BCUT2D eigenvalue weighted by atomic mass is 16.5. The molecular formula is C19H28N2O3. The van der Waals surface area contributed by atoms with Gasteiger partial charge in [-0.3, -0.25) is 9.69 Å². The SMILES string of the molecule is CO[C@H]1[C@H](N2[C@@H](C(C)C)COC2(C)C)C(=O)N1Cc1ccccc1. The lowest BCUT2D eigenvalue weighted by atomic mass is 9.94. The first kappa shape index (κ1) is 17.4. The molecule has 3 rings (SSSR count). The number of carbonyl (C=O) groups excluding carboxylic acids is 1. The van der Waals surface area contributed by atoms with E-state index in [-0.39, 0.29) is 24.2 Å². The van der Waals surface area contributed by atoms with Gasteiger partial charge in [0, 0.05) is 19.7 Å². The van der Waals surface area contributed by atoms with Crippen LogP contribution in [0.5, 0.6) is 0 Å². The molecule has 0 saturated carbocycles. The Morgan fingerprint density at radius 1 is 1.29 bits per heavy atom. The number of hydrogen-bond donors (Lipinski definition) is 0. The summed E-state index contributed by atoms with van der Waals surface area (Å²) in [5, 5.41) is 0. The van der Waals surface area contributed by atoms with Crippen LogP contribution in [0.15, 0.2) is 30.3 Å². The van der Waals surface area contributed by atoms with E-state index in [0.29, 0.717) is 19.1 Å². The van der Waals surface area contributed by atoms with E-state index in [4.69, 9.17) is 9.47 Å². The minimum atomic E-state index is -0.453. The molecule has 0 aliphatic carbocycles. The van der Waals surface area contributed by atoms with Crippen molar-refractivity contribution >= 4 is 5.91 Å². The number of amides is 1. The van der Waals surface area contributed by atoms with Gasteiger partial charge in [-0.1, -0.05) is 44.2 Å². The number of carbonyl (C=O) groups is 1. The van der Waals surface area contributed by atoms with Crippen molar-refractivity contribution in [3.05, 3.63) is 35.9 Å². The van der Waals surface area contributed by atoms with Crippen LogP contribution in [0.3, 0.4) is 0 Å². The third-order valence-electron chi connectivity index (χ3n) is 5.21. The summed E-state index contributed by atoms with van der Waals surface area (Å²) in [5.74, 6) is 0.537. The van der Waals surface area contributed by atoms with E-state index in [9.17, 15) is 4.79 Å². The lowest BCUT2D eigenvalue weighted by Gasteiger charge is -2.53. The summed E-state index contributed by atoms with van der Waals surface area (Å²) >= 11 is 0. The first-order valence-electron chi connectivity index (χ1n) is 8.66. The molecule has 1 amide bonds. The highest BCUT2D eigenvalue weighted by Gasteiger charge is 2.58. The number of ether oxygens (including phenoxy) is 2. The summed E-state index contributed by atoms with van der Waals surface area (Å²) < 4.78 is 11.7. The zero-order valence-electron chi connectivity index (χ0n) is 15.2. The second-order valence-corrected chi connectivity index (χ2v) is 7.50. The standard InChI is InChI=1S/C19H28N2O3/c1-13(2)15-12-24-19(3,4)21(15)16-17(22)20(18(16)23-5)11-14-9-7-6-8-10-14/h6-10,13,15-16,18H,11-12H2,1-5H3/t15-,16-,18+/m1/s1. The van der Waals surface area contributed by atoms with E-state index in [1.165, 1.54) is 0 Å². The molecule has 2 fully saturated rings. The van der Waals surface area contributed by atoms with Crippen LogP contribution < -0.4 is 0 Å². The maximum atomic E-state index is 12.9. The van der Waals surface area contributed by atoms with Gasteiger partial charge in [0.05, 0.1) is 6.61 Å². The van der Waals surface area contributed by atoms with E-state index in [1.807, 2.05) is 49.1 Å². The van der Waals surface area contributed by atoms with Crippen LogP contribution in [0, 0.1) is 5.92 Å². The van der Waals surface area contributed by atoms with E-state index in [0.717, 1.165) is 5.56 Å². The normalized spacial score (nSPS) is 30.0. The molecule has 0 bridgehead atoms. The van der Waals surface area contributed by atoms with Crippen LogP contribution >= 0.6 is 0 Å². The van der Waals surface area contributed by atoms with Gasteiger partial charge >= 0.3 is 0 Å². The highest BCUT2D eigenvalue weighted by molar-refractivity contribution is 5.89. The molecule has 2 aliphatic heterocycles. The molecule has 3 atom stereocenters. The van der Waals surface area contributed by atoms with Gasteiger partial charge in [-0.15, -0.1) is 0 Å². The Labute approximate surface area is 144 Å². The number of nitrogens with zero attached hydrogens (tertiary/aromatic N) is 2. The molecule has 0 aromatic heterocycles. The predicted octanol–water partition coefficient (Wildman–Crippen LogP) is 2.46. The Hall–Kier alpha value is -1.43. The molecule has 1 aromatic rings. The van der Waals surface area contributed by atoms with Crippen molar-refractivity contribution in [2.45, 2.75) is 58.3 Å². The molecular weight excluding hydrogens is 304 g/mol. The van der Waals surface area contributed by atoms with Crippen LogP contribution in [0.2, 0.25) is 0 Å². The molecule has 1 aromatic carbocycles. The van der Waals surface area contributed by atoms with Gasteiger partial charge in [0.25, 0.3) is 0 Å². The first-order valence-corrected chi connectivity index (χ1v) is 8.66. The van der Waals surface area contributed by atoms with Gasteiger partial charge in [0.1, 0.15) is 11.8 Å². The average molecular weight is 332 g/mol. The van der Waals surface area contributed by atoms with Crippen LogP contribution in [0.4, 0.5) is 0 Å². The van der Waals surface area contributed by atoms with Crippen LogP contribution in [-0.2, 0) is 20.8 Å². The monoisotopic (exact) mass is 332 g/mol. The van der Waals surface area contributed by atoms with Crippen molar-refractivity contribution in [2.24, 2.45) is 5.92 Å². The molecule has 0 unspecified atom stereocenters. The van der Waals surface area contributed by atoms with Crippen molar-refractivity contribution in [1.82, 2.24) is 9.80 Å². The third kappa shape index (κ3) is 2.85. The number of hydrogen-bond acceptors (Lipinski definition) is 4. The Morgan fingerprint density at radius 2 is 1.96 bits per heavy atom. The second-order valence-electron chi connectivity index (χ2n) is 7.50. The molecule has 2 saturated heterocycles. The molecule has 132 valence electrons. The maximum absolute atomic E-state index is 12.9. The zero-order chi connectivity index (χ0) is 17.5. The van der Waals surface area contributed by atoms with Crippen LogP contribution in [-0.4, -0.2) is 53.5 Å². The number of rotatable bonds is 5. The topological polar surface area (TPSA) is 42.0 Å². The Bertz CT molecular complexity index is 588. The molecule has 0 N–H and O–H groups in total. The average Bonchev–Trinajstić information content (AvgIpc) is 2.86. The van der Waals surface area contributed by atoms with Crippen molar-refractivity contribution in [3.8, 4) is 0 Å². The van der Waals surface area contributed by atoms with Gasteiger partial charge in [0.15, 0.2) is 6.23 Å². The summed E-state index contributed by atoms with van der Waals surface area (Å²) in [4.78, 5) is 17.0. The van der Waals surface area contributed by atoms with Crippen LogP contribution in [0.25, 0.3) is 0 Å². The lowest BCUT2D eigenvalue weighted by molar-refractivity contribution is -0.212. The van der Waals surface area contributed by atoms with Gasteiger partial charge in [-0.25, -0.2) is 0 Å². The molecule has 0 radical (unpaired) electrons. The van der Waals surface area contributed by atoms with Gasteiger partial charge in [-0.2, -0.15) is 0 Å². The van der Waals surface area contributed by atoms with Crippen molar-refractivity contribution in [1.29, 1.82) is 0 Å². The maximum Gasteiger partial charge on any atom is 0.247 e. The summed E-state index contributed by atoms with van der Waals surface area (Å²) in [6.45, 7) is 9.66. The minimum Gasteiger partial charge on any atom is -0.359 e. The van der Waals surface area contributed by atoms with Gasteiger partial charge in [-0.05, 0) is 25.3 Å². The Kier molecular flexibility index (Phi) is 4.69. The summed E-state index contributed by atoms with van der Waals surface area (Å²) in [7, 11) is 1.68. The fourth-order valence-corrected chi connectivity index (χ4v) is 3.86. The number of likely N-dealkylation sites (tertiary alicyclic amines) is 1. The first-order chi connectivity index (χ1) is 11.4. The number of β-lactam (4-membered cyclic amide) rings is 1. The summed E-state index contributed by atoms with van der Waals surface area (Å²) in [6.07, 6.45) is -0.236. The van der Waals surface area contributed by atoms with Gasteiger partial charge in [0.2, 0.25) is 5.91 Å². The zero-order valence-corrected chi connectivity index (χ0v) is 15.2. The van der Waals surface area contributed by atoms with Crippen molar-refractivity contribution < 1.29 is 14.3 Å². The summed E-state index contributed by atoms with van der Waals surface area (Å²) in [6, 6.07) is 9.99. The minimum absolute atomic E-state index is 0.120. The smallest absolute Gasteiger partial charge is 0.247 e. The molecule has 2 aliphatic rings. The fourth-order valence-electron chi connectivity index (χ4n) is 3.86. The van der Waals surface area contributed by atoms with E-state index in [2.05, 4.69) is 18.7 Å². The predicted molar refractivity (Wildman–Crippen MR) is 92.1 cm³/mol. The molecule has 24 heavy (non-hydrogen) atoms. The lowest BCUT2D eigenvalue weighted by Crippen LogP contribution is -2.74. The highest BCUT2D eigenvalue weighted by Crippen LogP contribution is 2.39. The van der Waals surface area contributed by atoms with E-state index >= 15 is 0 Å². The Morgan fingerprint density at radius 3 is 2.54 bits per heavy atom. The number of methoxy groups -OCH3 is 1. The third-order valence-corrected chi connectivity index (χ3v) is 5.21. The quantitative estimate of drug-likeness (QED) is 0.777. The van der Waals surface area contributed by atoms with Gasteiger partial charge < -0.3 is 14.4 Å². The van der Waals surface area contributed by atoms with Crippen LogP contribution in [0.1, 0.15) is 33.3 Å². The second kappa shape index (κ2) is 6.47. The Balaban J connectivity index is 1.80. The molecule has 2 heterocycles. The molecule has 5 nitrogen and oxygen atoms in total. The number of benzene rings is 1. The van der Waals surface area contributed by atoms with Crippen molar-refractivity contribution in [3.63, 3.8) is 0 Å². The largest absolute Gasteiger partial charge is 0.359 e.